The first-order valence-electron chi connectivity index (χ1n) is 8.88. The second-order valence-electron chi connectivity index (χ2n) is 6.35. The van der Waals surface area contributed by atoms with Crippen LogP contribution in [0.25, 0.3) is 11.0 Å². The van der Waals surface area contributed by atoms with Crippen LogP contribution in [0.3, 0.4) is 0 Å². The zero-order chi connectivity index (χ0) is 19.5. The molecule has 0 radical (unpaired) electrons. The minimum atomic E-state index is -0.448. The fourth-order valence-electron chi connectivity index (χ4n) is 3.07. The molecule has 28 heavy (non-hydrogen) atoms. The number of benzene rings is 1. The van der Waals surface area contributed by atoms with Gasteiger partial charge in [-0.3, -0.25) is 9.78 Å². The number of piperazine rings is 1. The minimum Gasteiger partial charge on any atom is -0.497 e. The van der Waals surface area contributed by atoms with Gasteiger partial charge in [-0.25, -0.2) is 4.79 Å². The summed E-state index contributed by atoms with van der Waals surface area (Å²) in [6.45, 7) is 1.58. The van der Waals surface area contributed by atoms with Crippen LogP contribution < -0.4 is 9.47 Å². The number of pyridine rings is 1. The maximum Gasteiger partial charge on any atom is 0.415 e. The highest BCUT2D eigenvalue weighted by molar-refractivity contribution is 5.96. The number of aromatic nitrogens is 1. The van der Waals surface area contributed by atoms with Crippen molar-refractivity contribution >= 4 is 23.0 Å². The van der Waals surface area contributed by atoms with Gasteiger partial charge in [0.15, 0.2) is 11.5 Å². The molecule has 1 aromatic carbocycles. The Labute approximate surface area is 161 Å². The van der Waals surface area contributed by atoms with E-state index in [9.17, 15) is 9.59 Å². The van der Waals surface area contributed by atoms with E-state index in [2.05, 4.69) is 4.98 Å². The van der Waals surface area contributed by atoms with Gasteiger partial charge in [0.2, 0.25) is 0 Å². The Balaban J connectivity index is 1.38. The number of fused-ring (bicyclic) bond motifs is 1. The standard InChI is InChI=1S/C20H19N3O5/c1-26-15-4-5-17-14(11-15)12-18(28-17)19(24)22-7-9-23(10-8-22)20(25)27-16-3-2-6-21-13-16/h2-6,11-13H,7-10H2,1H3. The quantitative estimate of drug-likeness (QED) is 0.694. The molecule has 1 saturated heterocycles. The summed E-state index contributed by atoms with van der Waals surface area (Å²) in [5, 5.41) is 0.807. The summed E-state index contributed by atoms with van der Waals surface area (Å²) in [6, 6.07) is 10.5. The Morgan fingerprint density at radius 3 is 2.54 bits per heavy atom. The van der Waals surface area contributed by atoms with Crippen molar-refractivity contribution in [3.8, 4) is 11.5 Å². The number of rotatable bonds is 3. The lowest BCUT2D eigenvalue weighted by Crippen LogP contribution is -2.51. The minimum absolute atomic E-state index is 0.199. The molecule has 1 fully saturated rings. The lowest BCUT2D eigenvalue weighted by Gasteiger charge is -2.33. The van der Waals surface area contributed by atoms with Gasteiger partial charge in [0.05, 0.1) is 13.3 Å². The summed E-state index contributed by atoms with van der Waals surface area (Å²) in [5.41, 5.74) is 0.628. The maximum atomic E-state index is 12.7. The first-order valence-corrected chi connectivity index (χ1v) is 8.88. The van der Waals surface area contributed by atoms with Gasteiger partial charge in [0, 0.05) is 37.8 Å². The van der Waals surface area contributed by atoms with Gasteiger partial charge in [-0.2, -0.15) is 0 Å². The van der Waals surface area contributed by atoms with Crippen molar-refractivity contribution in [2.24, 2.45) is 0 Å². The second kappa shape index (κ2) is 7.59. The number of nitrogens with zero attached hydrogens (tertiary/aromatic N) is 3. The van der Waals surface area contributed by atoms with Crippen molar-refractivity contribution in [2.45, 2.75) is 0 Å². The molecular weight excluding hydrogens is 362 g/mol. The first kappa shape index (κ1) is 17.8. The second-order valence-corrected chi connectivity index (χ2v) is 6.35. The summed E-state index contributed by atoms with van der Waals surface area (Å²) >= 11 is 0. The van der Waals surface area contributed by atoms with Crippen LogP contribution in [0.4, 0.5) is 4.79 Å². The number of amides is 2. The molecule has 0 saturated carbocycles. The number of carbonyl (C=O) groups excluding carboxylic acids is 2. The molecule has 0 spiro atoms. The highest BCUT2D eigenvalue weighted by atomic mass is 16.6. The summed E-state index contributed by atoms with van der Waals surface area (Å²) < 4.78 is 16.2. The predicted molar refractivity (Wildman–Crippen MR) is 101 cm³/mol. The van der Waals surface area contributed by atoms with Crippen LogP contribution in [-0.2, 0) is 0 Å². The monoisotopic (exact) mass is 381 g/mol. The lowest BCUT2D eigenvalue weighted by atomic mass is 10.2. The maximum absolute atomic E-state index is 12.7. The van der Waals surface area contributed by atoms with E-state index >= 15 is 0 Å². The van der Waals surface area contributed by atoms with Crippen LogP contribution in [0, 0.1) is 0 Å². The molecule has 1 aliphatic heterocycles. The van der Waals surface area contributed by atoms with E-state index in [1.54, 1.807) is 53.4 Å². The fraction of sp³-hybridized carbons (Fsp3) is 0.250. The molecule has 0 N–H and O–H groups in total. The van der Waals surface area contributed by atoms with E-state index in [0.717, 1.165) is 5.39 Å². The van der Waals surface area contributed by atoms with Gasteiger partial charge in [-0.1, -0.05) is 0 Å². The Morgan fingerprint density at radius 1 is 1.04 bits per heavy atom. The lowest BCUT2D eigenvalue weighted by molar-refractivity contribution is 0.0606. The zero-order valence-corrected chi connectivity index (χ0v) is 15.3. The number of furan rings is 1. The average molecular weight is 381 g/mol. The molecule has 4 rings (SSSR count). The molecule has 3 aromatic rings. The zero-order valence-electron chi connectivity index (χ0n) is 15.3. The van der Waals surface area contributed by atoms with E-state index < -0.39 is 6.09 Å². The molecule has 8 nitrogen and oxygen atoms in total. The van der Waals surface area contributed by atoms with E-state index in [1.807, 2.05) is 6.07 Å². The highest BCUT2D eigenvalue weighted by Gasteiger charge is 2.27. The van der Waals surface area contributed by atoms with E-state index in [1.165, 1.54) is 6.20 Å². The van der Waals surface area contributed by atoms with Gasteiger partial charge in [-0.15, -0.1) is 0 Å². The molecule has 0 aliphatic carbocycles. The number of carbonyl (C=O) groups is 2. The average Bonchev–Trinajstić information content (AvgIpc) is 3.17. The Hall–Kier alpha value is -3.55. The van der Waals surface area contributed by atoms with Crippen molar-refractivity contribution in [2.75, 3.05) is 33.3 Å². The van der Waals surface area contributed by atoms with Gasteiger partial charge in [0.25, 0.3) is 5.91 Å². The molecule has 8 heteroatoms. The van der Waals surface area contributed by atoms with Crippen LogP contribution in [0.5, 0.6) is 11.5 Å². The fourth-order valence-corrected chi connectivity index (χ4v) is 3.07. The molecule has 0 bridgehead atoms. The molecular formula is C20H19N3O5. The summed E-state index contributed by atoms with van der Waals surface area (Å²) in [7, 11) is 1.59. The van der Waals surface area contributed by atoms with Crippen molar-refractivity contribution in [3.63, 3.8) is 0 Å². The smallest absolute Gasteiger partial charge is 0.415 e. The molecule has 2 amide bonds. The third-order valence-corrected chi connectivity index (χ3v) is 4.60. The first-order chi connectivity index (χ1) is 13.6. The summed E-state index contributed by atoms with van der Waals surface area (Å²) in [6.07, 6.45) is 2.64. The normalized spacial score (nSPS) is 14.2. The third kappa shape index (κ3) is 3.62. The molecule has 3 heterocycles. The topological polar surface area (TPSA) is 85.1 Å². The highest BCUT2D eigenvalue weighted by Crippen LogP contribution is 2.25. The number of methoxy groups -OCH3 is 1. The summed E-state index contributed by atoms with van der Waals surface area (Å²) in [4.78, 5) is 32.1. The van der Waals surface area contributed by atoms with Crippen molar-refractivity contribution in [3.05, 3.63) is 54.6 Å². The SMILES string of the molecule is COc1ccc2oc(C(=O)N3CCN(C(=O)Oc4cccnc4)CC3)cc2c1. The molecule has 0 unspecified atom stereocenters. The van der Waals surface area contributed by atoms with Gasteiger partial charge in [-0.05, 0) is 36.4 Å². The number of hydrogen-bond acceptors (Lipinski definition) is 6. The van der Waals surface area contributed by atoms with Crippen LogP contribution in [0.15, 0.2) is 53.2 Å². The number of ether oxygens (including phenoxy) is 2. The molecule has 144 valence electrons. The van der Waals surface area contributed by atoms with Crippen LogP contribution >= 0.6 is 0 Å². The molecule has 1 aliphatic rings. The van der Waals surface area contributed by atoms with E-state index in [4.69, 9.17) is 13.9 Å². The Kier molecular flexibility index (Phi) is 4.84. The van der Waals surface area contributed by atoms with Crippen molar-refractivity contribution in [1.29, 1.82) is 0 Å². The third-order valence-electron chi connectivity index (χ3n) is 4.60. The van der Waals surface area contributed by atoms with Gasteiger partial charge in [0.1, 0.15) is 11.3 Å². The van der Waals surface area contributed by atoms with Crippen molar-refractivity contribution < 1.29 is 23.5 Å². The van der Waals surface area contributed by atoms with Crippen LogP contribution in [0.2, 0.25) is 0 Å². The largest absolute Gasteiger partial charge is 0.497 e. The van der Waals surface area contributed by atoms with Crippen LogP contribution in [0.1, 0.15) is 10.6 Å². The summed E-state index contributed by atoms with van der Waals surface area (Å²) in [5.74, 6) is 1.17. The Morgan fingerprint density at radius 2 is 1.82 bits per heavy atom. The van der Waals surface area contributed by atoms with E-state index in [0.29, 0.717) is 43.3 Å². The van der Waals surface area contributed by atoms with Gasteiger partial charge >= 0.3 is 6.09 Å². The van der Waals surface area contributed by atoms with Crippen LogP contribution in [-0.4, -0.2) is 60.1 Å². The van der Waals surface area contributed by atoms with Crippen molar-refractivity contribution in [1.82, 2.24) is 14.8 Å². The molecule has 0 atom stereocenters. The van der Waals surface area contributed by atoms with E-state index in [-0.39, 0.29) is 11.7 Å². The predicted octanol–water partition coefficient (Wildman–Crippen LogP) is 2.79. The number of hydrogen-bond donors (Lipinski definition) is 0. The van der Waals surface area contributed by atoms with Gasteiger partial charge < -0.3 is 23.7 Å². The molecule has 2 aromatic heterocycles. The Bertz CT molecular complexity index is 994.